The Bertz CT molecular complexity index is 694. The second-order valence-electron chi connectivity index (χ2n) is 4.93. The van der Waals surface area contributed by atoms with Crippen LogP contribution in [0.5, 0.6) is 0 Å². The van der Waals surface area contributed by atoms with Crippen LogP contribution in [0.3, 0.4) is 0 Å². The first-order valence-electron chi connectivity index (χ1n) is 6.47. The third-order valence-corrected chi connectivity index (χ3v) is 5.46. The number of nitrogens with two attached hydrogens (primary N) is 1. The fourth-order valence-electron chi connectivity index (χ4n) is 2.11. The van der Waals surface area contributed by atoms with Crippen LogP contribution in [-0.4, -0.2) is 35.3 Å². The van der Waals surface area contributed by atoms with Crippen molar-refractivity contribution in [1.29, 1.82) is 0 Å². The lowest BCUT2D eigenvalue weighted by atomic mass is 10.2. The summed E-state index contributed by atoms with van der Waals surface area (Å²) < 4.78 is 54.0. The summed E-state index contributed by atoms with van der Waals surface area (Å²) in [5.74, 6) is -0.0815. The normalized spacial score (nSPS) is 19.8. The lowest BCUT2D eigenvalue weighted by molar-refractivity contribution is 0.127. The lowest BCUT2D eigenvalue weighted by Gasteiger charge is -2.11. The summed E-state index contributed by atoms with van der Waals surface area (Å²) in [5.41, 5.74) is 0.525. The molecular formula is C12H18N2O5S2. The molecule has 1 aliphatic rings. The maximum atomic E-state index is 11.9. The van der Waals surface area contributed by atoms with Gasteiger partial charge in [0.1, 0.15) is 0 Å². The van der Waals surface area contributed by atoms with E-state index in [1.807, 2.05) is 0 Å². The molecule has 7 nitrogen and oxygen atoms in total. The first kappa shape index (κ1) is 16.4. The Kier molecular flexibility index (Phi) is 4.99. The van der Waals surface area contributed by atoms with E-state index in [1.165, 1.54) is 18.2 Å². The summed E-state index contributed by atoms with van der Waals surface area (Å²) in [4.78, 5) is -0.0432. The number of nitrogens with one attached hydrogen (secondary N) is 1. The SMILES string of the molecule is NS(=O)(=O)c1cccc(CNS(=O)(=O)CC2CCCO2)c1. The van der Waals surface area contributed by atoms with Gasteiger partial charge in [0.15, 0.2) is 0 Å². The van der Waals surface area contributed by atoms with Gasteiger partial charge in [0, 0.05) is 13.2 Å². The van der Waals surface area contributed by atoms with Crippen molar-refractivity contribution >= 4 is 20.0 Å². The lowest BCUT2D eigenvalue weighted by Crippen LogP contribution is -2.31. The van der Waals surface area contributed by atoms with Crippen LogP contribution in [-0.2, 0) is 31.3 Å². The molecule has 21 heavy (non-hydrogen) atoms. The van der Waals surface area contributed by atoms with Crippen LogP contribution in [0.2, 0.25) is 0 Å². The van der Waals surface area contributed by atoms with Gasteiger partial charge in [-0.05, 0) is 30.5 Å². The van der Waals surface area contributed by atoms with Crippen molar-refractivity contribution in [2.24, 2.45) is 5.14 Å². The van der Waals surface area contributed by atoms with Crippen molar-refractivity contribution in [2.75, 3.05) is 12.4 Å². The number of primary sulfonamides is 1. The molecule has 0 radical (unpaired) electrons. The predicted molar refractivity (Wildman–Crippen MR) is 77.4 cm³/mol. The van der Waals surface area contributed by atoms with E-state index >= 15 is 0 Å². The number of rotatable bonds is 6. The van der Waals surface area contributed by atoms with Gasteiger partial charge in [0.2, 0.25) is 20.0 Å². The summed E-state index contributed by atoms with van der Waals surface area (Å²) in [6.45, 7) is 0.606. The molecule has 3 N–H and O–H groups in total. The average molecular weight is 334 g/mol. The summed E-state index contributed by atoms with van der Waals surface area (Å²) in [7, 11) is -7.26. The molecule has 0 bridgehead atoms. The molecule has 1 aromatic rings. The molecule has 1 saturated heterocycles. The Morgan fingerprint density at radius 1 is 1.29 bits per heavy atom. The zero-order valence-corrected chi connectivity index (χ0v) is 13.0. The van der Waals surface area contributed by atoms with E-state index in [2.05, 4.69) is 4.72 Å². The summed E-state index contributed by atoms with van der Waals surface area (Å²) in [6, 6.07) is 5.86. The molecule has 0 aromatic heterocycles. The highest BCUT2D eigenvalue weighted by molar-refractivity contribution is 7.89. The largest absolute Gasteiger partial charge is 0.377 e. The molecule has 0 aliphatic carbocycles. The molecule has 0 spiro atoms. The number of benzene rings is 1. The molecule has 1 heterocycles. The number of hydrogen-bond donors (Lipinski definition) is 2. The molecule has 1 aliphatic heterocycles. The van der Waals surface area contributed by atoms with Gasteiger partial charge in [-0.2, -0.15) is 0 Å². The summed E-state index contributed by atoms with van der Waals surface area (Å²) in [5, 5.41) is 5.03. The van der Waals surface area contributed by atoms with Gasteiger partial charge in [-0.25, -0.2) is 26.7 Å². The van der Waals surface area contributed by atoms with Gasteiger partial charge in [0.05, 0.1) is 16.8 Å². The van der Waals surface area contributed by atoms with Crippen LogP contribution >= 0.6 is 0 Å². The zero-order valence-electron chi connectivity index (χ0n) is 11.4. The van der Waals surface area contributed by atoms with Gasteiger partial charge >= 0.3 is 0 Å². The zero-order chi connectivity index (χ0) is 15.5. The van der Waals surface area contributed by atoms with Crippen LogP contribution in [0.15, 0.2) is 29.2 Å². The topological polar surface area (TPSA) is 116 Å². The Hall–Kier alpha value is -1.00. The average Bonchev–Trinajstić information content (AvgIpc) is 2.88. The maximum Gasteiger partial charge on any atom is 0.238 e. The van der Waals surface area contributed by atoms with E-state index in [0.29, 0.717) is 12.2 Å². The maximum absolute atomic E-state index is 11.9. The second kappa shape index (κ2) is 6.41. The minimum absolute atomic E-state index is 0.0123. The number of sulfonamides is 2. The van der Waals surface area contributed by atoms with Crippen LogP contribution in [0, 0.1) is 0 Å². The van der Waals surface area contributed by atoms with Crippen molar-refractivity contribution in [2.45, 2.75) is 30.4 Å². The third-order valence-electron chi connectivity index (χ3n) is 3.15. The Morgan fingerprint density at radius 3 is 2.67 bits per heavy atom. The van der Waals surface area contributed by atoms with E-state index in [4.69, 9.17) is 9.88 Å². The second-order valence-corrected chi connectivity index (χ2v) is 8.34. The van der Waals surface area contributed by atoms with Crippen molar-refractivity contribution < 1.29 is 21.6 Å². The minimum atomic E-state index is -3.79. The highest BCUT2D eigenvalue weighted by atomic mass is 32.2. The van der Waals surface area contributed by atoms with E-state index in [1.54, 1.807) is 6.07 Å². The Labute approximate surface area is 124 Å². The highest BCUT2D eigenvalue weighted by Crippen LogP contribution is 2.14. The van der Waals surface area contributed by atoms with Crippen LogP contribution in [0.25, 0.3) is 0 Å². The third kappa shape index (κ3) is 5.04. The molecule has 1 atom stereocenters. The molecular weight excluding hydrogens is 316 g/mol. The van der Waals surface area contributed by atoms with Gasteiger partial charge in [-0.15, -0.1) is 0 Å². The summed E-state index contributed by atoms with van der Waals surface area (Å²) in [6.07, 6.45) is 1.34. The van der Waals surface area contributed by atoms with Crippen molar-refractivity contribution in [3.8, 4) is 0 Å². The van der Waals surface area contributed by atoms with E-state index in [0.717, 1.165) is 12.8 Å². The van der Waals surface area contributed by atoms with E-state index in [-0.39, 0.29) is 23.3 Å². The molecule has 118 valence electrons. The highest BCUT2D eigenvalue weighted by Gasteiger charge is 2.23. The fraction of sp³-hybridized carbons (Fsp3) is 0.500. The van der Waals surface area contributed by atoms with Crippen LogP contribution < -0.4 is 9.86 Å². The Balaban J connectivity index is 1.99. The van der Waals surface area contributed by atoms with Gasteiger partial charge < -0.3 is 4.74 Å². The first-order chi connectivity index (χ1) is 9.76. The van der Waals surface area contributed by atoms with Gasteiger partial charge in [-0.3, -0.25) is 0 Å². The molecule has 2 rings (SSSR count). The number of hydrogen-bond acceptors (Lipinski definition) is 5. The van der Waals surface area contributed by atoms with E-state index in [9.17, 15) is 16.8 Å². The monoisotopic (exact) mass is 334 g/mol. The van der Waals surface area contributed by atoms with Crippen molar-refractivity contribution in [3.63, 3.8) is 0 Å². The summed E-state index contributed by atoms with van der Waals surface area (Å²) >= 11 is 0. The van der Waals surface area contributed by atoms with Crippen LogP contribution in [0.4, 0.5) is 0 Å². The van der Waals surface area contributed by atoms with Crippen molar-refractivity contribution in [1.82, 2.24) is 4.72 Å². The van der Waals surface area contributed by atoms with Crippen LogP contribution in [0.1, 0.15) is 18.4 Å². The molecule has 0 amide bonds. The minimum Gasteiger partial charge on any atom is -0.377 e. The molecule has 1 fully saturated rings. The molecule has 0 saturated carbocycles. The van der Waals surface area contributed by atoms with E-state index < -0.39 is 20.0 Å². The first-order valence-corrected chi connectivity index (χ1v) is 9.67. The Morgan fingerprint density at radius 2 is 2.05 bits per heavy atom. The number of ether oxygens (including phenoxy) is 1. The fourth-order valence-corrected chi connectivity index (χ4v) is 3.95. The molecule has 9 heteroatoms. The van der Waals surface area contributed by atoms with Gasteiger partial charge in [0.25, 0.3) is 0 Å². The van der Waals surface area contributed by atoms with Crippen molar-refractivity contribution in [3.05, 3.63) is 29.8 Å². The standard InChI is InChI=1S/C12H18N2O5S2/c13-21(17,18)12-5-1-3-10(7-12)8-14-20(15,16)9-11-4-2-6-19-11/h1,3,5,7,11,14H,2,4,6,8-9H2,(H2,13,17,18). The predicted octanol–water partition coefficient (Wildman–Crippen LogP) is -0.0676. The molecule has 1 aromatic carbocycles. The quantitative estimate of drug-likeness (QED) is 0.755. The molecule has 1 unspecified atom stereocenters. The van der Waals surface area contributed by atoms with Gasteiger partial charge in [-0.1, -0.05) is 12.1 Å². The smallest absolute Gasteiger partial charge is 0.238 e.